The molecule has 1 aromatic rings. The van der Waals surface area contributed by atoms with Gasteiger partial charge in [-0.15, -0.1) is 0 Å². The molecule has 6 aliphatic rings. The summed E-state index contributed by atoms with van der Waals surface area (Å²) in [6.45, 7) is 6.43. The molecule has 5 saturated carbocycles. The van der Waals surface area contributed by atoms with Crippen LogP contribution in [0.3, 0.4) is 0 Å². The highest BCUT2D eigenvalue weighted by Gasteiger charge is 2.85. The van der Waals surface area contributed by atoms with Crippen LogP contribution in [0.15, 0.2) is 30.3 Å². The van der Waals surface area contributed by atoms with Crippen LogP contribution in [0.25, 0.3) is 0 Å². The van der Waals surface area contributed by atoms with Crippen LogP contribution in [0, 0.1) is 40.4 Å². The van der Waals surface area contributed by atoms with Crippen molar-refractivity contribution < 1.29 is 33.3 Å². The number of nitrogens with zero attached hydrogens (tertiary/aromatic N) is 1. The molecule has 1 aromatic carbocycles. The molecule has 5 aliphatic carbocycles. The fourth-order valence-corrected chi connectivity index (χ4v) is 12.0. The minimum atomic E-state index is -0.770. The predicted octanol–water partition coefficient (Wildman–Crippen LogP) is 3.97. The van der Waals surface area contributed by atoms with Gasteiger partial charge in [0.2, 0.25) is 0 Å². The number of methoxy groups -OCH3 is 3. The number of esters is 2. The third kappa shape index (κ3) is 3.48. The van der Waals surface area contributed by atoms with Crippen LogP contribution in [0.1, 0.15) is 56.3 Å². The first-order valence-electron chi connectivity index (χ1n) is 15.6. The molecule has 1 spiro atoms. The van der Waals surface area contributed by atoms with Gasteiger partial charge in [0, 0.05) is 75.8 Å². The smallest absolute Gasteiger partial charge is 0.338 e. The number of fused-ring (bicyclic) bond motifs is 2. The third-order valence-electron chi connectivity index (χ3n) is 12.7. The Bertz CT molecular complexity index is 1190. The van der Waals surface area contributed by atoms with Crippen molar-refractivity contribution >= 4 is 11.9 Å². The average Bonchev–Trinajstić information content (AvgIpc) is 3.41. The highest BCUT2D eigenvalue weighted by atomic mass is 16.6. The minimum Gasteiger partial charge on any atom is -0.458 e. The molecule has 0 amide bonds. The predicted molar refractivity (Wildman–Crippen MR) is 150 cm³/mol. The van der Waals surface area contributed by atoms with Gasteiger partial charge in [-0.25, -0.2) is 4.79 Å². The first-order chi connectivity index (χ1) is 19.8. The van der Waals surface area contributed by atoms with Gasteiger partial charge in [-0.1, -0.05) is 25.1 Å². The van der Waals surface area contributed by atoms with Gasteiger partial charge in [-0.3, -0.25) is 9.69 Å². The first-order valence-corrected chi connectivity index (χ1v) is 15.6. The monoisotopic (exact) mass is 567 g/mol. The van der Waals surface area contributed by atoms with Gasteiger partial charge >= 0.3 is 11.9 Å². The molecule has 8 heteroatoms. The van der Waals surface area contributed by atoms with E-state index >= 15 is 0 Å². The molecule has 1 saturated heterocycles. The largest absolute Gasteiger partial charge is 0.458 e. The van der Waals surface area contributed by atoms with Gasteiger partial charge in [0.05, 0.1) is 24.4 Å². The zero-order valence-electron chi connectivity index (χ0n) is 25.0. The van der Waals surface area contributed by atoms with E-state index < -0.39 is 11.7 Å². The van der Waals surface area contributed by atoms with Crippen molar-refractivity contribution in [2.45, 2.75) is 75.9 Å². The van der Waals surface area contributed by atoms with Gasteiger partial charge in [-0.05, 0) is 56.2 Å². The Morgan fingerprint density at radius 1 is 1.05 bits per heavy atom. The highest BCUT2D eigenvalue weighted by molar-refractivity contribution is 5.89. The van der Waals surface area contributed by atoms with E-state index in [4.69, 9.17) is 23.7 Å². The number of ether oxygens (including phenoxy) is 5. The number of hydrogen-bond acceptors (Lipinski definition) is 8. The Kier molecular flexibility index (Phi) is 6.62. The normalized spacial score (nSPS) is 47.2. The lowest BCUT2D eigenvalue weighted by molar-refractivity contribution is -0.280. The molecule has 7 bridgehead atoms. The molecule has 8 nitrogen and oxygen atoms in total. The molecule has 41 heavy (non-hydrogen) atoms. The van der Waals surface area contributed by atoms with Crippen LogP contribution in [0.5, 0.6) is 0 Å². The van der Waals surface area contributed by atoms with Crippen molar-refractivity contribution in [1.82, 2.24) is 4.90 Å². The lowest BCUT2D eigenvalue weighted by Gasteiger charge is -2.69. The SMILES string of the molecule is CCN1C[C@]2(COC)CC[C@H](OC)[C@]34C1[C@H](C[C@H]23)[C@@]1(OC(C)=O)C[C@H](OC)[C@H]2C[C@@H]4[C@@H]1[C@H]2OC(=O)c1ccccc1. The molecular weight excluding hydrogens is 522 g/mol. The lowest BCUT2D eigenvalue weighted by Crippen LogP contribution is -2.77. The summed E-state index contributed by atoms with van der Waals surface area (Å²) in [5.41, 5.74) is -0.336. The number of carbonyl (C=O) groups is 2. The van der Waals surface area contributed by atoms with E-state index in [0.717, 1.165) is 45.4 Å². The maximum absolute atomic E-state index is 13.6. The van der Waals surface area contributed by atoms with Crippen LogP contribution >= 0.6 is 0 Å². The number of rotatable bonds is 8. The van der Waals surface area contributed by atoms with E-state index in [0.29, 0.717) is 17.9 Å². The number of hydrogen-bond donors (Lipinski definition) is 0. The molecule has 6 fully saturated rings. The molecule has 0 N–H and O–H groups in total. The zero-order chi connectivity index (χ0) is 28.7. The summed E-state index contributed by atoms with van der Waals surface area (Å²) in [5, 5.41) is 0. The summed E-state index contributed by atoms with van der Waals surface area (Å²) in [6, 6.07) is 9.46. The van der Waals surface area contributed by atoms with E-state index in [2.05, 4.69) is 11.8 Å². The molecule has 7 rings (SSSR count). The number of benzene rings is 1. The van der Waals surface area contributed by atoms with E-state index in [1.807, 2.05) is 32.4 Å². The molecule has 1 unspecified atom stereocenters. The van der Waals surface area contributed by atoms with Crippen molar-refractivity contribution in [2.75, 3.05) is 41.0 Å². The molecule has 12 atom stereocenters. The van der Waals surface area contributed by atoms with E-state index in [-0.39, 0.29) is 64.7 Å². The second-order valence-electron chi connectivity index (χ2n) is 13.8. The summed E-state index contributed by atoms with van der Waals surface area (Å²) >= 11 is 0. The van der Waals surface area contributed by atoms with Gasteiger partial charge in [-0.2, -0.15) is 0 Å². The van der Waals surface area contributed by atoms with Crippen molar-refractivity contribution in [3.63, 3.8) is 0 Å². The second kappa shape index (κ2) is 9.76. The first kappa shape index (κ1) is 27.8. The Balaban J connectivity index is 1.42. The van der Waals surface area contributed by atoms with Gasteiger partial charge in [0.25, 0.3) is 0 Å². The fourth-order valence-electron chi connectivity index (χ4n) is 12.0. The third-order valence-corrected chi connectivity index (χ3v) is 12.7. The summed E-state index contributed by atoms with van der Waals surface area (Å²) in [7, 11) is 5.46. The number of carbonyl (C=O) groups excluding carboxylic acids is 2. The van der Waals surface area contributed by atoms with Crippen LogP contribution in [0.4, 0.5) is 0 Å². The Morgan fingerprint density at radius 2 is 1.83 bits per heavy atom. The Hall–Kier alpha value is -2.00. The van der Waals surface area contributed by atoms with Crippen LogP contribution in [-0.4, -0.2) is 87.8 Å². The van der Waals surface area contributed by atoms with E-state index in [1.165, 1.54) is 6.92 Å². The number of piperidine rings is 1. The quantitative estimate of drug-likeness (QED) is 0.437. The van der Waals surface area contributed by atoms with Crippen LogP contribution < -0.4 is 0 Å². The zero-order valence-corrected chi connectivity index (χ0v) is 25.0. The standard InChI is InChI=1S/C33H45NO7/c1-6-34-17-31(18-37-3)13-12-26(39-5)33-22-14-21-24(38-4)16-32(41-19(2)35,23(29(33)34)15-25(31)33)27(22)28(21)40-30(36)20-10-8-7-9-11-20/h7-11,21-29H,6,12-18H2,1-5H3/t21-,22-,23+,24+,25-,26+,27-,28+,29?,31+,32+,33-/m1/s1. The molecule has 224 valence electrons. The van der Waals surface area contributed by atoms with Gasteiger partial charge in [0.15, 0.2) is 0 Å². The Morgan fingerprint density at radius 3 is 2.49 bits per heavy atom. The van der Waals surface area contributed by atoms with E-state index in [1.54, 1.807) is 19.2 Å². The average molecular weight is 568 g/mol. The van der Waals surface area contributed by atoms with Gasteiger partial charge in [0.1, 0.15) is 11.7 Å². The highest BCUT2D eigenvalue weighted by Crippen LogP contribution is 2.80. The molecule has 0 radical (unpaired) electrons. The van der Waals surface area contributed by atoms with E-state index in [9.17, 15) is 9.59 Å². The summed E-state index contributed by atoms with van der Waals surface area (Å²) in [4.78, 5) is 29.3. The fraction of sp³-hybridized carbons (Fsp3) is 0.758. The number of likely N-dealkylation sites (tertiary alicyclic amines) is 1. The maximum Gasteiger partial charge on any atom is 0.338 e. The summed E-state index contributed by atoms with van der Waals surface area (Å²) in [6.07, 6.45) is 4.07. The minimum absolute atomic E-state index is 0.0239. The molecular formula is C33H45NO7. The molecule has 1 heterocycles. The summed E-state index contributed by atoms with van der Waals surface area (Å²) in [5.74, 6) is 0.00445. The summed E-state index contributed by atoms with van der Waals surface area (Å²) < 4.78 is 31.9. The Labute approximate surface area is 243 Å². The second-order valence-corrected chi connectivity index (χ2v) is 13.8. The lowest BCUT2D eigenvalue weighted by atomic mass is 9.43. The van der Waals surface area contributed by atoms with Gasteiger partial charge < -0.3 is 23.7 Å². The van der Waals surface area contributed by atoms with Crippen molar-refractivity contribution in [1.29, 1.82) is 0 Å². The van der Waals surface area contributed by atoms with Crippen molar-refractivity contribution in [3.8, 4) is 0 Å². The topological polar surface area (TPSA) is 83.5 Å². The maximum atomic E-state index is 13.6. The van der Waals surface area contributed by atoms with Crippen LogP contribution in [-0.2, 0) is 28.5 Å². The molecule has 1 aliphatic heterocycles. The van der Waals surface area contributed by atoms with Crippen molar-refractivity contribution in [3.05, 3.63) is 35.9 Å². The van der Waals surface area contributed by atoms with Crippen molar-refractivity contribution in [2.24, 2.45) is 40.4 Å². The molecule has 0 aromatic heterocycles. The van der Waals surface area contributed by atoms with Crippen LogP contribution in [0.2, 0.25) is 0 Å².